The van der Waals surface area contributed by atoms with Gasteiger partial charge in [-0.3, -0.25) is 4.79 Å². The van der Waals surface area contributed by atoms with Crippen molar-refractivity contribution in [2.24, 2.45) is 11.5 Å². The largest absolute Gasteiger partial charge is 0.479 e. The lowest BCUT2D eigenvalue weighted by Crippen LogP contribution is -2.51. The molecular formula is C11H14N2O2. The number of rotatable bonds is 1. The van der Waals surface area contributed by atoms with Crippen LogP contribution in [0.3, 0.4) is 0 Å². The third-order valence-corrected chi connectivity index (χ3v) is 2.73. The molecule has 1 heterocycles. The van der Waals surface area contributed by atoms with Crippen LogP contribution in [0.2, 0.25) is 0 Å². The third kappa shape index (κ3) is 1.68. The second kappa shape index (κ2) is 3.55. The van der Waals surface area contributed by atoms with E-state index in [9.17, 15) is 4.79 Å². The highest BCUT2D eigenvalue weighted by atomic mass is 16.5. The molecule has 0 spiro atoms. The second-order valence-corrected chi connectivity index (χ2v) is 3.86. The number of carbonyl (C=O) groups excluding carboxylic acids is 1. The highest BCUT2D eigenvalue weighted by molar-refractivity contribution is 5.80. The van der Waals surface area contributed by atoms with Crippen LogP contribution in [-0.2, 0) is 11.2 Å². The van der Waals surface area contributed by atoms with Gasteiger partial charge in [-0.1, -0.05) is 12.1 Å². The number of ether oxygens (including phenoxy) is 1. The number of carbonyl (C=O) groups is 1. The summed E-state index contributed by atoms with van der Waals surface area (Å²) in [5, 5.41) is 0. The summed E-state index contributed by atoms with van der Waals surface area (Å²) in [7, 11) is 0. The summed E-state index contributed by atoms with van der Waals surface area (Å²) in [5.74, 6) is 0.218. The fourth-order valence-corrected chi connectivity index (χ4v) is 1.88. The lowest BCUT2D eigenvalue weighted by atomic mass is 9.94. The number of fused-ring (bicyclic) bond motifs is 1. The van der Waals surface area contributed by atoms with Crippen molar-refractivity contribution in [1.29, 1.82) is 0 Å². The molecule has 2 atom stereocenters. The molecule has 1 amide bonds. The van der Waals surface area contributed by atoms with Crippen LogP contribution in [0.1, 0.15) is 11.1 Å². The molecule has 4 N–H and O–H groups in total. The Morgan fingerprint density at radius 2 is 2.27 bits per heavy atom. The van der Waals surface area contributed by atoms with Gasteiger partial charge in [0.25, 0.3) is 5.91 Å². The molecule has 15 heavy (non-hydrogen) atoms. The van der Waals surface area contributed by atoms with Crippen LogP contribution in [-0.4, -0.2) is 18.1 Å². The molecule has 0 saturated carbocycles. The molecule has 1 aromatic rings. The Hall–Kier alpha value is -1.55. The van der Waals surface area contributed by atoms with Crippen LogP contribution in [0.4, 0.5) is 0 Å². The van der Waals surface area contributed by atoms with E-state index in [-0.39, 0.29) is 6.04 Å². The summed E-state index contributed by atoms with van der Waals surface area (Å²) in [4.78, 5) is 11.1. The number of hydrogen-bond acceptors (Lipinski definition) is 3. The molecule has 2 unspecified atom stereocenters. The zero-order valence-electron chi connectivity index (χ0n) is 8.57. The first-order valence-corrected chi connectivity index (χ1v) is 4.89. The minimum absolute atomic E-state index is 0.351. The highest BCUT2D eigenvalue weighted by Crippen LogP contribution is 2.29. The van der Waals surface area contributed by atoms with Crippen molar-refractivity contribution < 1.29 is 9.53 Å². The standard InChI is InChI=1S/C11H14N2O2/c1-6-3-2-4-9-7(6)5-8(12)10(15-9)11(13)14/h2-4,8,10H,5,12H2,1H3,(H2,13,14). The molecule has 4 nitrogen and oxygen atoms in total. The Labute approximate surface area is 88.2 Å². The minimum Gasteiger partial charge on any atom is -0.479 e. The van der Waals surface area contributed by atoms with Crippen molar-refractivity contribution in [1.82, 2.24) is 0 Å². The van der Waals surface area contributed by atoms with Gasteiger partial charge in [0.05, 0.1) is 6.04 Å². The molecule has 0 fully saturated rings. The minimum atomic E-state index is -0.709. The zero-order chi connectivity index (χ0) is 11.0. The van der Waals surface area contributed by atoms with Crippen molar-refractivity contribution in [2.45, 2.75) is 25.5 Å². The maximum Gasteiger partial charge on any atom is 0.260 e. The number of aryl methyl sites for hydroxylation is 1. The lowest BCUT2D eigenvalue weighted by molar-refractivity contribution is -0.126. The van der Waals surface area contributed by atoms with Crippen LogP contribution < -0.4 is 16.2 Å². The number of hydrogen-bond donors (Lipinski definition) is 2. The van der Waals surface area contributed by atoms with Gasteiger partial charge in [-0.2, -0.15) is 0 Å². The van der Waals surface area contributed by atoms with Crippen LogP contribution in [0.5, 0.6) is 5.75 Å². The first kappa shape index (κ1) is 9.98. The lowest BCUT2D eigenvalue weighted by Gasteiger charge is -2.30. The molecule has 1 aliphatic rings. The Kier molecular flexibility index (Phi) is 2.36. The Morgan fingerprint density at radius 1 is 1.53 bits per heavy atom. The molecular weight excluding hydrogens is 192 g/mol. The van der Waals surface area contributed by atoms with Crippen molar-refractivity contribution >= 4 is 5.91 Å². The first-order valence-electron chi connectivity index (χ1n) is 4.89. The molecule has 0 aliphatic carbocycles. The molecule has 4 heteroatoms. The van der Waals surface area contributed by atoms with E-state index in [4.69, 9.17) is 16.2 Å². The van der Waals surface area contributed by atoms with Gasteiger partial charge in [0.15, 0.2) is 6.10 Å². The summed E-state index contributed by atoms with van der Waals surface area (Å²) in [6, 6.07) is 5.38. The maximum absolute atomic E-state index is 11.1. The molecule has 1 aliphatic heterocycles. The van der Waals surface area contributed by atoms with Gasteiger partial charge in [-0.25, -0.2) is 0 Å². The predicted molar refractivity (Wildman–Crippen MR) is 56.5 cm³/mol. The number of nitrogens with two attached hydrogens (primary N) is 2. The summed E-state index contributed by atoms with van der Waals surface area (Å²) in [5.41, 5.74) is 13.2. The van der Waals surface area contributed by atoms with E-state index in [1.807, 2.05) is 25.1 Å². The Morgan fingerprint density at radius 3 is 2.93 bits per heavy atom. The maximum atomic E-state index is 11.1. The fourth-order valence-electron chi connectivity index (χ4n) is 1.88. The van der Waals surface area contributed by atoms with Crippen LogP contribution in [0.15, 0.2) is 18.2 Å². The van der Waals surface area contributed by atoms with Gasteiger partial charge in [0.2, 0.25) is 0 Å². The van der Waals surface area contributed by atoms with E-state index in [0.29, 0.717) is 6.42 Å². The van der Waals surface area contributed by atoms with Gasteiger partial charge in [0.1, 0.15) is 5.75 Å². The Balaban J connectivity index is 2.38. The van der Waals surface area contributed by atoms with Gasteiger partial charge in [-0.05, 0) is 30.5 Å². The molecule has 0 saturated heterocycles. The molecule has 80 valence electrons. The average molecular weight is 206 g/mol. The van der Waals surface area contributed by atoms with E-state index in [1.54, 1.807) is 0 Å². The quantitative estimate of drug-likeness (QED) is 0.684. The van der Waals surface area contributed by atoms with Crippen molar-refractivity contribution in [2.75, 3.05) is 0 Å². The highest BCUT2D eigenvalue weighted by Gasteiger charge is 2.31. The molecule has 1 aromatic carbocycles. The number of benzene rings is 1. The topological polar surface area (TPSA) is 78.3 Å². The number of amides is 1. The van der Waals surface area contributed by atoms with E-state index in [2.05, 4.69) is 0 Å². The van der Waals surface area contributed by atoms with E-state index in [1.165, 1.54) is 0 Å². The molecule has 2 rings (SSSR count). The smallest absolute Gasteiger partial charge is 0.260 e. The van der Waals surface area contributed by atoms with Gasteiger partial charge in [-0.15, -0.1) is 0 Å². The van der Waals surface area contributed by atoms with Gasteiger partial charge in [0, 0.05) is 0 Å². The monoisotopic (exact) mass is 206 g/mol. The first-order chi connectivity index (χ1) is 7.09. The van der Waals surface area contributed by atoms with E-state index >= 15 is 0 Å². The van der Waals surface area contributed by atoms with Crippen LogP contribution in [0, 0.1) is 6.92 Å². The Bertz CT molecular complexity index is 404. The zero-order valence-corrected chi connectivity index (χ0v) is 8.57. The predicted octanol–water partition coefficient (Wildman–Crippen LogP) is 0.111. The summed E-state index contributed by atoms with van der Waals surface area (Å²) in [6.07, 6.45) is -0.0744. The van der Waals surface area contributed by atoms with Gasteiger partial charge < -0.3 is 16.2 Å². The SMILES string of the molecule is Cc1cccc2c1CC(N)C(C(N)=O)O2. The van der Waals surface area contributed by atoms with Crippen molar-refractivity contribution in [3.63, 3.8) is 0 Å². The summed E-state index contributed by atoms with van der Waals surface area (Å²) in [6.45, 7) is 2.00. The number of primary amides is 1. The normalized spacial score (nSPS) is 24.1. The van der Waals surface area contributed by atoms with E-state index < -0.39 is 12.0 Å². The van der Waals surface area contributed by atoms with Crippen LogP contribution >= 0.6 is 0 Å². The van der Waals surface area contributed by atoms with Crippen molar-refractivity contribution in [3.05, 3.63) is 29.3 Å². The average Bonchev–Trinajstić information content (AvgIpc) is 2.18. The summed E-state index contributed by atoms with van der Waals surface area (Å²) < 4.78 is 5.49. The van der Waals surface area contributed by atoms with Crippen molar-refractivity contribution in [3.8, 4) is 5.75 Å². The summed E-state index contributed by atoms with van der Waals surface area (Å²) >= 11 is 0. The fraction of sp³-hybridized carbons (Fsp3) is 0.364. The second-order valence-electron chi connectivity index (χ2n) is 3.86. The van der Waals surface area contributed by atoms with E-state index in [0.717, 1.165) is 16.9 Å². The third-order valence-electron chi connectivity index (χ3n) is 2.73. The van der Waals surface area contributed by atoms with Crippen LogP contribution in [0.25, 0.3) is 0 Å². The molecule has 0 bridgehead atoms. The molecule has 0 radical (unpaired) electrons. The molecule has 0 aromatic heterocycles. The van der Waals surface area contributed by atoms with Gasteiger partial charge >= 0.3 is 0 Å².